The summed E-state index contributed by atoms with van der Waals surface area (Å²) in [5, 5.41) is 2.86. The third-order valence-corrected chi connectivity index (χ3v) is 7.45. The fourth-order valence-corrected chi connectivity index (χ4v) is 5.38. The highest BCUT2D eigenvalue weighted by Crippen LogP contribution is 2.27. The van der Waals surface area contributed by atoms with E-state index in [9.17, 15) is 18.0 Å². The SMILES string of the molecule is CCOc1ccc(NC(=O)[C@@H]2CCCN(S(=O)(=O)c3ccc4c(c3)oc(=O)n4C)C2)cc1. The molecule has 1 fully saturated rings. The van der Waals surface area contributed by atoms with Crippen LogP contribution in [0.1, 0.15) is 19.8 Å². The molecule has 1 aliphatic rings. The summed E-state index contributed by atoms with van der Waals surface area (Å²) in [6, 6.07) is 11.4. The molecule has 32 heavy (non-hydrogen) atoms. The highest BCUT2D eigenvalue weighted by Gasteiger charge is 2.33. The summed E-state index contributed by atoms with van der Waals surface area (Å²) in [6.07, 6.45) is 1.17. The number of oxazole rings is 1. The molecule has 0 spiro atoms. The van der Waals surface area contributed by atoms with E-state index in [1.165, 1.54) is 21.0 Å². The molecule has 1 saturated heterocycles. The summed E-state index contributed by atoms with van der Waals surface area (Å²) < 4.78 is 39.6. The fraction of sp³-hybridized carbons (Fsp3) is 0.364. The first-order chi connectivity index (χ1) is 15.3. The minimum atomic E-state index is -3.84. The topological polar surface area (TPSA) is 111 Å². The molecule has 1 amide bonds. The van der Waals surface area contributed by atoms with Crippen LogP contribution in [0.15, 0.2) is 56.6 Å². The highest BCUT2D eigenvalue weighted by molar-refractivity contribution is 7.89. The number of ether oxygens (including phenoxy) is 1. The van der Waals surface area contributed by atoms with Crippen LogP contribution in [0.2, 0.25) is 0 Å². The van der Waals surface area contributed by atoms with Crippen LogP contribution in [0.25, 0.3) is 11.1 Å². The Labute approximate surface area is 185 Å². The van der Waals surface area contributed by atoms with E-state index in [0.717, 1.165) is 0 Å². The van der Waals surface area contributed by atoms with E-state index >= 15 is 0 Å². The number of nitrogens with zero attached hydrogens (tertiary/aromatic N) is 2. The third kappa shape index (κ3) is 4.28. The van der Waals surface area contributed by atoms with Crippen molar-refractivity contribution in [3.8, 4) is 5.75 Å². The van der Waals surface area contributed by atoms with Gasteiger partial charge in [-0.2, -0.15) is 4.31 Å². The van der Waals surface area contributed by atoms with Gasteiger partial charge in [-0.25, -0.2) is 13.2 Å². The van der Waals surface area contributed by atoms with Gasteiger partial charge in [0.1, 0.15) is 5.75 Å². The van der Waals surface area contributed by atoms with Gasteiger partial charge in [0.05, 0.1) is 22.9 Å². The molecule has 9 nitrogen and oxygen atoms in total. The van der Waals surface area contributed by atoms with Crippen molar-refractivity contribution >= 4 is 32.7 Å². The van der Waals surface area contributed by atoms with Gasteiger partial charge in [0, 0.05) is 31.9 Å². The predicted octanol–water partition coefficient (Wildman–Crippen LogP) is 2.57. The second-order valence-electron chi connectivity index (χ2n) is 7.71. The van der Waals surface area contributed by atoms with E-state index < -0.39 is 21.7 Å². The normalized spacial score (nSPS) is 17.4. The number of aromatic nitrogens is 1. The van der Waals surface area contributed by atoms with Crippen molar-refractivity contribution in [2.75, 3.05) is 25.0 Å². The number of rotatable bonds is 6. The van der Waals surface area contributed by atoms with Gasteiger partial charge in [-0.1, -0.05) is 0 Å². The van der Waals surface area contributed by atoms with E-state index in [1.807, 2.05) is 6.92 Å². The summed E-state index contributed by atoms with van der Waals surface area (Å²) in [7, 11) is -2.29. The van der Waals surface area contributed by atoms with Crippen molar-refractivity contribution in [3.05, 3.63) is 53.0 Å². The first-order valence-corrected chi connectivity index (χ1v) is 11.9. The Hall–Kier alpha value is -3.11. The fourth-order valence-electron chi connectivity index (χ4n) is 3.84. The van der Waals surface area contributed by atoms with Crippen LogP contribution in [0, 0.1) is 5.92 Å². The van der Waals surface area contributed by atoms with Crippen molar-refractivity contribution in [1.82, 2.24) is 8.87 Å². The molecule has 0 saturated carbocycles. The smallest absolute Gasteiger partial charge is 0.419 e. The predicted molar refractivity (Wildman–Crippen MR) is 119 cm³/mol. The van der Waals surface area contributed by atoms with Gasteiger partial charge in [-0.3, -0.25) is 9.36 Å². The number of sulfonamides is 1. The molecule has 0 bridgehead atoms. The number of aryl methyl sites for hydroxylation is 1. The van der Waals surface area contributed by atoms with Crippen molar-refractivity contribution in [2.24, 2.45) is 13.0 Å². The number of hydrogen-bond acceptors (Lipinski definition) is 6. The van der Waals surface area contributed by atoms with E-state index in [2.05, 4.69) is 5.32 Å². The minimum absolute atomic E-state index is 0.0342. The molecular weight excluding hydrogens is 434 g/mol. The van der Waals surface area contributed by atoms with Crippen LogP contribution in [-0.2, 0) is 21.9 Å². The molecule has 170 valence electrons. The number of carbonyl (C=O) groups excluding carboxylic acids is 1. The van der Waals surface area contributed by atoms with Crippen molar-refractivity contribution in [2.45, 2.75) is 24.7 Å². The van der Waals surface area contributed by atoms with Crippen LogP contribution >= 0.6 is 0 Å². The average Bonchev–Trinajstić information content (AvgIpc) is 3.08. The van der Waals surface area contributed by atoms with Gasteiger partial charge in [-0.05, 0) is 56.2 Å². The zero-order valence-corrected chi connectivity index (χ0v) is 18.7. The van der Waals surface area contributed by atoms with Crippen molar-refractivity contribution in [3.63, 3.8) is 0 Å². The van der Waals surface area contributed by atoms with Gasteiger partial charge >= 0.3 is 5.76 Å². The summed E-state index contributed by atoms with van der Waals surface area (Å²) in [4.78, 5) is 24.5. The van der Waals surface area contributed by atoms with Crippen LogP contribution in [0.5, 0.6) is 5.75 Å². The molecule has 1 N–H and O–H groups in total. The molecule has 4 rings (SSSR count). The second-order valence-corrected chi connectivity index (χ2v) is 9.64. The number of carbonyl (C=O) groups is 1. The lowest BCUT2D eigenvalue weighted by atomic mass is 9.99. The Kier molecular flexibility index (Phi) is 6.07. The van der Waals surface area contributed by atoms with E-state index in [1.54, 1.807) is 37.4 Å². The number of fused-ring (bicyclic) bond motifs is 1. The zero-order chi connectivity index (χ0) is 22.9. The minimum Gasteiger partial charge on any atom is -0.494 e. The first-order valence-electron chi connectivity index (χ1n) is 10.4. The van der Waals surface area contributed by atoms with Gasteiger partial charge in [-0.15, -0.1) is 0 Å². The Morgan fingerprint density at radius 3 is 2.69 bits per heavy atom. The summed E-state index contributed by atoms with van der Waals surface area (Å²) in [5.74, 6) is -0.535. The van der Waals surface area contributed by atoms with Crippen LogP contribution < -0.4 is 15.8 Å². The van der Waals surface area contributed by atoms with Crippen LogP contribution in [-0.4, -0.2) is 42.9 Å². The Bertz CT molecular complexity index is 1290. The lowest BCUT2D eigenvalue weighted by molar-refractivity contribution is -0.120. The number of anilines is 1. The lowest BCUT2D eigenvalue weighted by Crippen LogP contribution is -2.43. The van der Waals surface area contributed by atoms with Gasteiger partial charge in [0.2, 0.25) is 15.9 Å². The van der Waals surface area contributed by atoms with Gasteiger partial charge in [0.25, 0.3) is 0 Å². The maximum Gasteiger partial charge on any atom is 0.419 e. The molecule has 3 aromatic rings. The highest BCUT2D eigenvalue weighted by atomic mass is 32.2. The Balaban J connectivity index is 1.49. The first kappa shape index (κ1) is 22.1. The second kappa shape index (κ2) is 8.79. The molecule has 1 atom stereocenters. The van der Waals surface area contributed by atoms with Crippen molar-refractivity contribution in [1.29, 1.82) is 0 Å². The van der Waals surface area contributed by atoms with Crippen molar-refractivity contribution < 1.29 is 22.4 Å². The maximum atomic E-state index is 13.2. The van der Waals surface area contributed by atoms with Gasteiger partial charge < -0.3 is 14.5 Å². The quantitative estimate of drug-likeness (QED) is 0.607. The Morgan fingerprint density at radius 2 is 1.97 bits per heavy atom. The summed E-state index contributed by atoms with van der Waals surface area (Å²) in [6.45, 7) is 2.86. The number of hydrogen-bond donors (Lipinski definition) is 1. The number of benzene rings is 2. The molecule has 2 heterocycles. The largest absolute Gasteiger partial charge is 0.494 e. The Morgan fingerprint density at radius 1 is 1.22 bits per heavy atom. The monoisotopic (exact) mass is 459 g/mol. The lowest BCUT2D eigenvalue weighted by Gasteiger charge is -2.31. The van der Waals surface area contributed by atoms with Gasteiger partial charge in [0.15, 0.2) is 5.58 Å². The van der Waals surface area contributed by atoms with E-state index in [4.69, 9.17) is 9.15 Å². The molecule has 10 heteroatoms. The molecule has 1 aliphatic heterocycles. The number of amides is 1. The molecule has 1 aromatic heterocycles. The molecule has 0 aliphatic carbocycles. The maximum absolute atomic E-state index is 13.2. The third-order valence-electron chi connectivity index (χ3n) is 5.59. The standard InChI is InChI=1S/C22H25N3O6S/c1-3-30-17-8-6-16(7-9-17)23-21(26)15-5-4-12-25(14-15)32(28,29)18-10-11-19-20(13-18)31-22(27)24(19)2/h6-11,13,15H,3-5,12,14H2,1-2H3,(H,23,26)/t15-/m1/s1. The number of nitrogens with one attached hydrogen (secondary N) is 1. The van der Waals surface area contributed by atoms with E-state index in [-0.39, 0.29) is 22.9 Å². The molecular formula is C22H25N3O6S. The van der Waals surface area contributed by atoms with E-state index in [0.29, 0.717) is 42.9 Å². The number of piperidine rings is 1. The summed E-state index contributed by atoms with van der Waals surface area (Å²) >= 11 is 0. The van der Waals surface area contributed by atoms with Crippen LogP contribution in [0.3, 0.4) is 0 Å². The average molecular weight is 460 g/mol. The molecule has 2 aromatic carbocycles. The zero-order valence-electron chi connectivity index (χ0n) is 17.9. The summed E-state index contributed by atoms with van der Waals surface area (Å²) in [5.41, 5.74) is 1.35. The molecule has 0 radical (unpaired) electrons. The molecule has 0 unspecified atom stereocenters. The van der Waals surface area contributed by atoms with Crippen LogP contribution in [0.4, 0.5) is 5.69 Å².